The molecule has 0 unspecified atom stereocenters. The Hall–Kier alpha value is -3.36. The van der Waals surface area contributed by atoms with Crippen molar-refractivity contribution in [2.45, 2.75) is 31.9 Å². The number of halogens is 3. The SMILES string of the molecule is O=C(CNC(=O)C1CCCC1)Nc1cccc(C(=O)Nc2cccc(C(F)(F)F)c2)c1. The van der Waals surface area contributed by atoms with E-state index in [1.54, 1.807) is 6.07 Å². The van der Waals surface area contributed by atoms with Crippen LogP contribution in [-0.2, 0) is 15.8 Å². The van der Waals surface area contributed by atoms with Crippen molar-refractivity contribution in [1.29, 1.82) is 0 Å². The number of carbonyl (C=O) groups excluding carboxylic acids is 3. The van der Waals surface area contributed by atoms with Gasteiger partial charge in [-0.1, -0.05) is 25.0 Å². The van der Waals surface area contributed by atoms with Gasteiger partial charge in [0.1, 0.15) is 0 Å². The van der Waals surface area contributed by atoms with Gasteiger partial charge in [-0.05, 0) is 49.2 Å². The lowest BCUT2D eigenvalue weighted by molar-refractivity contribution is -0.137. The van der Waals surface area contributed by atoms with E-state index in [0.29, 0.717) is 5.69 Å². The summed E-state index contributed by atoms with van der Waals surface area (Å²) in [7, 11) is 0. The van der Waals surface area contributed by atoms with E-state index in [9.17, 15) is 27.6 Å². The molecule has 164 valence electrons. The molecule has 0 radical (unpaired) electrons. The quantitative estimate of drug-likeness (QED) is 0.638. The Kier molecular flexibility index (Phi) is 6.94. The van der Waals surface area contributed by atoms with Crippen LogP contribution in [0.5, 0.6) is 0 Å². The molecule has 0 spiro atoms. The number of hydrogen-bond acceptors (Lipinski definition) is 3. The smallest absolute Gasteiger partial charge is 0.347 e. The molecular formula is C22H22F3N3O3. The molecule has 0 heterocycles. The lowest BCUT2D eigenvalue weighted by Crippen LogP contribution is -2.36. The van der Waals surface area contributed by atoms with Gasteiger partial charge < -0.3 is 16.0 Å². The van der Waals surface area contributed by atoms with E-state index in [0.717, 1.165) is 37.8 Å². The predicted molar refractivity (Wildman–Crippen MR) is 109 cm³/mol. The molecule has 0 aliphatic heterocycles. The molecule has 1 fully saturated rings. The van der Waals surface area contributed by atoms with E-state index in [1.807, 2.05) is 0 Å². The highest BCUT2D eigenvalue weighted by Gasteiger charge is 2.30. The van der Waals surface area contributed by atoms with Crippen LogP contribution in [0.2, 0.25) is 0 Å². The normalized spacial score (nSPS) is 14.2. The largest absolute Gasteiger partial charge is 0.416 e. The van der Waals surface area contributed by atoms with E-state index < -0.39 is 23.6 Å². The molecule has 0 atom stereocenters. The zero-order chi connectivity index (χ0) is 22.4. The number of nitrogens with one attached hydrogen (secondary N) is 3. The van der Waals surface area contributed by atoms with E-state index in [-0.39, 0.29) is 29.6 Å². The van der Waals surface area contributed by atoms with Crippen molar-refractivity contribution in [3.63, 3.8) is 0 Å². The van der Waals surface area contributed by atoms with Gasteiger partial charge in [-0.25, -0.2) is 0 Å². The minimum atomic E-state index is -4.52. The first-order valence-corrected chi connectivity index (χ1v) is 9.88. The molecule has 1 aliphatic carbocycles. The fraction of sp³-hybridized carbons (Fsp3) is 0.318. The molecule has 2 aromatic carbocycles. The summed E-state index contributed by atoms with van der Waals surface area (Å²) in [5.74, 6) is -1.25. The average molecular weight is 433 g/mol. The van der Waals surface area contributed by atoms with Gasteiger partial charge >= 0.3 is 6.18 Å². The Morgan fingerprint density at radius 3 is 2.23 bits per heavy atom. The van der Waals surface area contributed by atoms with Gasteiger partial charge in [0.05, 0.1) is 12.1 Å². The fourth-order valence-electron chi connectivity index (χ4n) is 3.42. The van der Waals surface area contributed by atoms with Crippen molar-refractivity contribution in [2.24, 2.45) is 5.92 Å². The summed E-state index contributed by atoms with van der Waals surface area (Å²) in [6.07, 6.45) is -0.829. The average Bonchev–Trinajstić information content (AvgIpc) is 3.27. The number of rotatable bonds is 6. The van der Waals surface area contributed by atoms with Crippen LogP contribution in [0.3, 0.4) is 0 Å². The van der Waals surface area contributed by atoms with Gasteiger partial charge in [0.2, 0.25) is 11.8 Å². The molecule has 1 saturated carbocycles. The van der Waals surface area contributed by atoms with E-state index >= 15 is 0 Å². The number of benzene rings is 2. The maximum absolute atomic E-state index is 12.8. The molecule has 3 amide bonds. The number of anilines is 2. The van der Waals surface area contributed by atoms with E-state index in [1.165, 1.54) is 30.3 Å². The lowest BCUT2D eigenvalue weighted by atomic mass is 10.1. The first-order valence-electron chi connectivity index (χ1n) is 9.88. The highest BCUT2D eigenvalue weighted by molar-refractivity contribution is 6.05. The summed E-state index contributed by atoms with van der Waals surface area (Å²) in [5, 5.41) is 7.62. The van der Waals surface area contributed by atoms with Gasteiger partial charge in [0, 0.05) is 22.9 Å². The molecule has 9 heteroatoms. The summed E-state index contributed by atoms with van der Waals surface area (Å²) in [5.41, 5.74) is -0.378. The topological polar surface area (TPSA) is 87.3 Å². The minimum absolute atomic E-state index is 0.00360. The van der Waals surface area contributed by atoms with Crippen molar-refractivity contribution in [3.8, 4) is 0 Å². The first-order chi connectivity index (χ1) is 14.7. The summed E-state index contributed by atoms with van der Waals surface area (Å²) < 4.78 is 38.5. The van der Waals surface area contributed by atoms with Crippen LogP contribution < -0.4 is 16.0 Å². The monoisotopic (exact) mass is 433 g/mol. The summed E-state index contributed by atoms with van der Waals surface area (Å²) in [4.78, 5) is 36.5. The van der Waals surface area contributed by atoms with Crippen molar-refractivity contribution in [2.75, 3.05) is 17.2 Å². The number of alkyl halides is 3. The second-order valence-electron chi connectivity index (χ2n) is 7.36. The van der Waals surface area contributed by atoms with Gasteiger partial charge in [-0.3, -0.25) is 14.4 Å². The third kappa shape index (κ3) is 6.31. The lowest BCUT2D eigenvalue weighted by Gasteiger charge is -2.12. The van der Waals surface area contributed by atoms with Crippen LogP contribution in [0, 0.1) is 5.92 Å². The zero-order valence-electron chi connectivity index (χ0n) is 16.6. The number of amides is 3. The fourth-order valence-corrected chi connectivity index (χ4v) is 3.42. The number of hydrogen-bond donors (Lipinski definition) is 3. The second-order valence-corrected chi connectivity index (χ2v) is 7.36. The molecule has 0 saturated heterocycles. The molecule has 6 nitrogen and oxygen atoms in total. The third-order valence-corrected chi connectivity index (χ3v) is 5.01. The molecule has 2 aromatic rings. The Morgan fingerprint density at radius 1 is 0.903 bits per heavy atom. The first kappa shape index (κ1) is 22.3. The van der Waals surface area contributed by atoms with Gasteiger partial charge in [0.15, 0.2) is 0 Å². The Morgan fingerprint density at radius 2 is 1.55 bits per heavy atom. The molecule has 3 N–H and O–H groups in total. The Balaban J connectivity index is 1.57. The molecular weight excluding hydrogens is 411 g/mol. The van der Waals surface area contributed by atoms with Crippen LogP contribution in [-0.4, -0.2) is 24.3 Å². The molecule has 0 aromatic heterocycles. The second kappa shape index (κ2) is 9.63. The van der Waals surface area contributed by atoms with E-state index in [4.69, 9.17) is 0 Å². The van der Waals surface area contributed by atoms with Crippen molar-refractivity contribution in [3.05, 3.63) is 59.7 Å². The third-order valence-electron chi connectivity index (χ3n) is 5.01. The molecule has 0 bridgehead atoms. The van der Waals surface area contributed by atoms with Gasteiger partial charge in [0.25, 0.3) is 5.91 Å². The summed E-state index contributed by atoms with van der Waals surface area (Å²) in [6, 6.07) is 10.3. The standard InChI is InChI=1S/C22H22F3N3O3/c23-22(24,25)16-8-4-10-18(12-16)28-21(31)15-7-3-9-17(11-15)27-19(29)13-26-20(30)14-5-1-2-6-14/h3-4,7-12,14H,1-2,5-6,13H2,(H,26,30)(H,27,29)(H,28,31). The highest BCUT2D eigenvalue weighted by Crippen LogP contribution is 2.30. The number of carbonyl (C=O) groups is 3. The van der Waals surface area contributed by atoms with Crippen LogP contribution in [0.15, 0.2) is 48.5 Å². The van der Waals surface area contributed by atoms with Gasteiger partial charge in [-0.15, -0.1) is 0 Å². The van der Waals surface area contributed by atoms with Crippen LogP contribution >= 0.6 is 0 Å². The maximum Gasteiger partial charge on any atom is 0.416 e. The van der Waals surface area contributed by atoms with Crippen LogP contribution in [0.1, 0.15) is 41.6 Å². The minimum Gasteiger partial charge on any atom is -0.347 e. The summed E-state index contributed by atoms with van der Waals surface area (Å²) in [6.45, 7) is -0.185. The predicted octanol–water partition coefficient (Wildman–Crippen LogP) is 4.20. The molecule has 1 aliphatic rings. The Labute approximate surface area is 177 Å². The van der Waals surface area contributed by atoms with Gasteiger partial charge in [-0.2, -0.15) is 13.2 Å². The molecule has 3 rings (SSSR count). The van der Waals surface area contributed by atoms with Crippen molar-refractivity contribution >= 4 is 29.1 Å². The van der Waals surface area contributed by atoms with E-state index in [2.05, 4.69) is 16.0 Å². The van der Waals surface area contributed by atoms with Crippen LogP contribution in [0.4, 0.5) is 24.5 Å². The maximum atomic E-state index is 12.8. The molecule has 31 heavy (non-hydrogen) atoms. The summed E-state index contributed by atoms with van der Waals surface area (Å²) >= 11 is 0. The zero-order valence-corrected chi connectivity index (χ0v) is 16.6. The Bertz CT molecular complexity index is 970. The highest BCUT2D eigenvalue weighted by atomic mass is 19.4. The van der Waals surface area contributed by atoms with Crippen molar-refractivity contribution < 1.29 is 27.6 Å². The van der Waals surface area contributed by atoms with Crippen molar-refractivity contribution in [1.82, 2.24) is 5.32 Å². The van der Waals surface area contributed by atoms with Crippen LogP contribution in [0.25, 0.3) is 0 Å².